The number of benzene rings is 1. The quantitative estimate of drug-likeness (QED) is 0.441. The molecule has 0 radical (unpaired) electrons. The standard InChI is InChI=1S/C12H12ClN5O3/c1-21-7-2-3-8(13)9(6-7)15-12-10(18(19)20)4-5-11(16-12)17-14/h2-6H,14H2,1H3,(H2,15,16,17). The molecule has 8 nitrogen and oxygen atoms in total. The van der Waals surface area contributed by atoms with Crippen LogP contribution in [0, 0.1) is 10.1 Å². The molecule has 1 aromatic heterocycles. The number of rotatable bonds is 5. The zero-order valence-corrected chi connectivity index (χ0v) is 11.7. The molecule has 0 atom stereocenters. The number of nitrogen functional groups attached to an aromatic ring is 1. The summed E-state index contributed by atoms with van der Waals surface area (Å²) in [5, 5.41) is 14.2. The van der Waals surface area contributed by atoms with Crippen molar-refractivity contribution in [2.45, 2.75) is 0 Å². The fourth-order valence-electron chi connectivity index (χ4n) is 1.63. The van der Waals surface area contributed by atoms with E-state index in [1.807, 2.05) is 0 Å². The lowest BCUT2D eigenvalue weighted by Gasteiger charge is -2.10. The molecule has 1 aromatic carbocycles. The number of nitrogens with zero attached hydrogens (tertiary/aromatic N) is 2. The summed E-state index contributed by atoms with van der Waals surface area (Å²) >= 11 is 6.05. The third kappa shape index (κ3) is 3.30. The number of hydrogen-bond acceptors (Lipinski definition) is 7. The van der Waals surface area contributed by atoms with E-state index in [1.165, 1.54) is 19.2 Å². The molecule has 2 rings (SSSR count). The van der Waals surface area contributed by atoms with Crippen LogP contribution in [-0.4, -0.2) is 17.0 Å². The van der Waals surface area contributed by atoms with Gasteiger partial charge in [0.25, 0.3) is 0 Å². The van der Waals surface area contributed by atoms with Crippen molar-refractivity contribution in [2.24, 2.45) is 5.84 Å². The minimum absolute atomic E-state index is 0.0191. The Hall–Kier alpha value is -2.58. The molecule has 0 saturated carbocycles. The first-order valence-electron chi connectivity index (χ1n) is 5.77. The van der Waals surface area contributed by atoms with Gasteiger partial charge >= 0.3 is 5.69 Å². The van der Waals surface area contributed by atoms with Crippen LogP contribution in [0.25, 0.3) is 0 Å². The summed E-state index contributed by atoms with van der Waals surface area (Å²) in [4.78, 5) is 14.5. The highest BCUT2D eigenvalue weighted by molar-refractivity contribution is 6.33. The minimum atomic E-state index is -0.552. The SMILES string of the molecule is COc1ccc(Cl)c(Nc2nc(NN)ccc2[N+](=O)[O-])c1. The molecule has 9 heteroatoms. The summed E-state index contributed by atoms with van der Waals surface area (Å²) in [6, 6.07) is 7.58. The third-order valence-electron chi connectivity index (χ3n) is 2.65. The maximum atomic E-state index is 11.0. The summed E-state index contributed by atoms with van der Waals surface area (Å²) in [7, 11) is 1.51. The smallest absolute Gasteiger partial charge is 0.311 e. The van der Waals surface area contributed by atoms with Gasteiger partial charge in [-0.25, -0.2) is 10.8 Å². The molecular weight excluding hydrogens is 298 g/mol. The van der Waals surface area contributed by atoms with Crippen LogP contribution in [-0.2, 0) is 0 Å². The van der Waals surface area contributed by atoms with Gasteiger partial charge in [-0.15, -0.1) is 0 Å². The van der Waals surface area contributed by atoms with Crippen LogP contribution in [0.1, 0.15) is 0 Å². The minimum Gasteiger partial charge on any atom is -0.497 e. The molecule has 1 heterocycles. The molecule has 0 aliphatic carbocycles. The zero-order valence-electron chi connectivity index (χ0n) is 11.0. The first-order valence-corrected chi connectivity index (χ1v) is 6.15. The number of ether oxygens (including phenoxy) is 1. The molecule has 0 spiro atoms. The molecule has 0 saturated heterocycles. The van der Waals surface area contributed by atoms with Crippen molar-refractivity contribution in [3.8, 4) is 5.75 Å². The lowest BCUT2D eigenvalue weighted by atomic mass is 10.3. The molecule has 4 N–H and O–H groups in total. The fraction of sp³-hybridized carbons (Fsp3) is 0.0833. The number of aromatic nitrogens is 1. The van der Waals surface area contributed by atoms with E-state index in [0.717, 1.165) is 0 Å². The van der Waals surface area contributed by atoms with Crippen molar-refractivity contribution in [3.05, 3.63) is 45.5 Å². The normalized spacial score (nSPS) is 10.0. The topological polar surface area (TPSA) is 115 Å². The van der Waals surface area contributed by atoms with Gasteiger partial charge in [0.2, 0.25) is 5.82 Å². The van der Waals surface area contributed by atoms with E-state index in [1.54, 1.807) is 18.2 Å². The number of methoxy groups -OCH3 is 1. The zero-order chi connectivity index (χ0) is 15.4. The number of nitrogens with one attached hydrogen (secondary N) is 2. The summed E-state index contributed by atoms with van der Waals surface area (Å²) in [6.07, 6.45) is 0. The maximum absolute atomic E-state index is 11.0. The van der Waals surface area contributed by atoms with E-state index in [9.17, 15) is 10.1 Å². The fourth-order valence-corrected chi connectivity index (χ4v) is 1.79. The molecule has 0 fully saturated rings. The lowest BCUT2D eigenvalue weighted by Crippen LogP contribution is -2.10. The monoisotopic (exact) mass is 309 g/mol. The molecular formula is C12H12ClN5O3. The molecule has 2 aromatic rings. The number of halogens is 1. The Balaban J connectivity index is 2.44. The number of nitrogens with two attached hydrogens (primary N) is 1. The van der Waals surface area contributed by atoms with Crippen LogP contribution in [0.3, 0.4) is 0 Å². The van der Waals surface area contributed by atoms with Crippen LogP contribution in [0.5, 0.6) is 5.75 Å². The number of hydrazine groups is 1. The van der Waals surface area contributed by atoms with Crippen LogP contribution >= 0.6 is 11.6 Å². The predicted molar refractivity (Wildman–Crippen MR) is 80.0 cm³/mol. The number of anilines is 3. The second-order valence-electron chi connectivity index (χ2n) is 3.94. The molecule has 110 valence electrons. The van der Waals surface area contributed by atoms with Crippen molar-refractivity contribution in [3.63, 3.8) is 0 Å². The van der Waals surface area contributed by atoms with Crippen molar-refractivity contribution >= 4 is 34.6 Å². The molecule has 21 heavy (non-hydrogen) atoms. The van der Waals surface area contributed by atoms with E-state index in [4.69, 9.17) is 22.2 Å². The van der Waals surface area contributed by atoms with Gasteiger partial charge in [0.15, 0.2) is 0 Å². The Bertz CT molecular complexity index is 680. The van der Waals surface area contributed by atoms with Gasteiger partial charge in [0.05, 0.1) is 22.7 Å². The van der Waals surface area contributed by atoms with Crippen molar-refractivity contribution in [2.75, 3.05) is 17.9 Å². The second kappa shape index (κ2) is 6.25. The Labute approximate surface area is 125 Å². The van der Waals surface area contributed by atoms with Crippen LogP contribution in [0.2, 0.25) is 5.02 Å². The van der Waals surface area contributed by atoms with Gasteiger partial charge in [-0.1, -0.05) is 11.6 Å². The van der Waals surface area contributed by atoms with E-state index in [2.05, 4.69) is 15.7 Å². The molecule has 0 unspecified atom stereocenters. The van der Waals surface area contributed by atoms with E-state index in [-0.39, 0.29) is 17.3 Å². The van der Waals surface area contributed by atoms with Crippen LogP contribution < -0.4 is 21.3 Å². The van der Waals surface area contributed by atoms with Gasteiger partial charge in [-0.3, -0.25) is 10.1 Å². The van der Waals surface area contributed by atoms with Crippen LogP contribution in [0.4, 0.5) is 23.0 Å². The van der Waals surface area contributed by atoms with Gasteiger partial charge in [-0.2, -0.15) is 0 Å². The highest BCUT2D eigenvalue weighted by Crippen LogP contribution is 2.32. The number of hydrogen-bond donors (Lipinski definition) is 3. The van der Waals surface area contributed by atoms with Crippen molar-refractivity contribution < 1.29 is 9.66 Å². The van der Waals surface area contributed by atoms with Gasteiger partial charge in [0, 0.05) is 12.1 Å². The largest absolute Gasteiger partial charge is 0.497 e. The van der Waals surface area contributed by atoms with E-state index in [0.29, 0.717) is 16.5 Å². The molecule has 0 aliphatic rings. The Kier molecular flexibility index (Phi) is 4.41. The van der Waals surface area contributed by atoms with E-state index < -0.39 is 4.92 Å². The Morgan fingerprint density at radius 1 is 1.38 bits per heavy atom. The Morgan fingerprint density at radius 3 is 2.76 bits per heavy atom. The summed E-state index contributed by atoms with van der Waals surface area (Å²) in [6.45, 7) is 0. The summed E-state index contributed by atoms with van der Waals surface area (Å²) in [5.74, 6) is 6.11. The van der Waals surface area contributed by atoms with Crippen molar-refractivity contribution in [1.82, 2.24) is 4.98 Å². The summed E-state index contributed by atoms with van der Waals surface area (Å²) < 4.78 is 5.08. The van der Waals surface area contributed by atoms with Crippen molar-refractivity contribution in [1.29, 1.82) is 0 Å². The molecule has 0 bridgehead atoms. The van der Waals surface area contributed by atoms with Crippen LogP contribution in [0.15, 0.2) is 30.3 Å². The second-order valence-corrected chi connectivity index (χ2v) is 4.34. The third-order valence-corrected chi connectivity index (χ3v) is 2.97. The number of pyridine rings is 1. The maximum Gasteiger partial charge on any atom is 0.311 e. The average Bonchev–Trinajstić information content (AvgIpc) is 2.49. The first kappa shape index (κ1) is 14.8. The van der Waals surface area contributed by atoms with Gasteiger partial charge < -0.3 is 15.5 Å². The summed E-state index contributed by atoms with van der Waals surface area (Å²) in [5.41, 5.74) is 2.56. The average molecular weight is 310 g/mol. The van der Waals surface area contributed by atoms with Gasteiger partial charge in [0.1, 0.15) is 11.6 Å². The lowest BCUT2D eigenvalue weighted by molar-refractivity contribution is -0.384. The predicted octanol–water partition coefficient (Wildman–Crippen LogP) is 2.68. The van der Waals surface area contributed by atoms with E-state index >= 15 is 0 Å². The number of nitro groups is 1. The van der Waals surface area contributed by atoms with Gasteiger partial charge in [-0.05, 0) is 18.2 Å². The molecule has 0 amide bonds. The highest BCUT2D eigenvalue weighted by atomic mass is 35.5. The highest BCUT2D eigenvalue weighted by Gasteiger charge is 2.17. The Morgan fingerprint density at radius 2 is 2.14 bits per heavy atom. The first-order chi connectivity index (χ1) is 10.0. The molecule has 0 aliphatic heterocycles.